The van der Waals surface area contributed by atoms with Gasteiger partial charge in [-0.2, -0.15) is 0 Å². The number of aliphatic hydroxyl groups is 2. The molecule has 0 aromatic rings. The Hall–Kier alpha value is -0.120. The first-order valence-corrected chi connectivity index (χ1v) is 7.82. The van der Waals surface area contributed by atoms with Crippen LogP contribution in [0.15, 0.2) is 0 Å². The first-order chi connectivity index (χ1) is 8.79. The third-order valence-electron chi connectivity index (χ3n) is 4.72. The van der Waals surface area contributed by atoms with Gasteiger partial charge in [0.05, 0.1) is 6.10 Å². The summed E-state index contributed by atoms with van der Waals surface area (Å²) in [5.41, 5.74) is 0. The molecule has 0 aliphatic heterocycles. The highest BCUT2D eigenvalue weighted by atomic mass is 16.3. The zero-order chi connectivity index (χ0) is 12.8. The fourth-order valence-corrected chi connectivity index (χ4v) is 3.42. The minimum atomic E-state index is -0.160. The van der Waals surface area contributed by atoms with Crippen molar-refractivity contribution in [3.63, 3.8) is 0 Å². The van der Waals surface area contributed by atoms with Gasteiger partial charge in [0.2, 0.25) is 0 Å². The van der Waals surface area contributed by atoms with Crippen molar-refractivity contribution in [1.82, 2.24) is 4.90 Å². The Morgan fingerprint density at radius 1 is 1.06 bits per heavy atom. The maximum Gasteiger partial charge on any atom is 0.0669 e. The van der Waals surface area contributed by atoms with E-state index in [-0.39, 0.29) is 12.7 Å². The van der Waals surface area contributed by atoms with Gasteiger partial charge >= 0.3 is 0 Å². The van der Waals surface area contributed by atoms with E-state index in [0.29, 0.717) is 6.04 Å². The maximum atomic E-state index is 10.2. The Kier molecular flexibility index (Phi) is 5.93. The Bertz CT molecular complexity index is 225. The summed E-state index contributed by atoms with van der Waals surface area (Å²) in [6.07, 6.45) is 10.9. The van der Waals surface area contributed by atoms with E-state index in [1.807, 2.05) is 0 Å². The molecule has 2 fully saturated rings. The van der Waals surface area contributed by atoms with Gasteiger partial charge in [0.1, 0.15) is 0 Å². The SMILES string of the molecule is OCCCN(CC(O)CC1CCCC1)C1CCC1. The van der Waals surface area contributed by atoms with E-state index >= 15 is 0 Å². The normalized spacial score (nSPS) is 23.5. The average molecular weight is 255 g/mol. The highest BCUT2D eigenvalue weighted by Gasteiger charge is 2.27. The zero-order valence-corrected chi connectivity index (χ0v) is 11.6. The predicted octanol–water partition coefficient (Wildman–Crippen LogP) is 2.16. The van der Waals surface area contributed by atoms with E-state index in [2.05, 4.69) is 4.90 Å². The Balaban J connectivity index is 1.71. The summed E-state index contributed by atoms with van der Waals surface area (Å²) in [6, 6.07) is 0.676. The summed E-state index contributed by atoms with van der Waals surface area (Å²) in [5, 5.41) is 19.2. The number of hydrogen-bond donors (Lipinski definition) is 2. The molecule has 0 spiro atoms. The molecule has 0 amide bonds. The van der Waals surface area contributed by atoms with Crippen molar-refractivity contribution in [1.29, 1.82) is 0 Å². The van der Waals surface area contributed by atoms with Gasteiger partial charge in [0.25, 0.3) is 0 Å². The van der Waals surface area contributed by atoms with E-state index in [4.69, 9.17) is 5.11 Å². The lowest BCUT2D eigenvalue weighted by atomic mass is 9.90. The van der Waals surface area contributed by atoms with Gasteiger partial charge in [-0.25, -0.2) is 0 Å². The number of nitrogens with zero attached hydrogens (tertiary/aromatic N) is 1. The van der Waals surface area contributed by atoms with Crippen LogP contribution in [-0.4, -0.2) is 47.0 Å². The zero-order valence-electron chi connectivity index (χ0n) is 11.6. The molecular weight excluding hydrogens is 226 g/mol. The second-order valence-electron chi connectivity index (χ2n) is 6.20. The molecule has 2 saturated carbocycles. The van der Waals surface area contributed by atoms with Gasteiger partial charge in [-0.15, -0.1) is 0 Å². The molecule has 2 aliphatic carbocycles. The lowest BCUT2D eigenvalue weighted by Crippen LogP contribution is -2.45. The highest BCUT2D eigenvalue weighted by Crippen LogP contribution is 2.30. The second kappa shape index (κ2) is 7.46. The van der Waals surface area contributed by atoms with Crippen LogP contribution in [0.1, 0.15) is 57.8 Å². The lowest BCUT2D eigenvalue weighted by molar-refractivity contribution is 0.0431. The van der Waals surface area contributed by atoms with E-state index in [0.717, 1.165) is 31.8 Å². The predicted molar refractivity (Wildman–Crippen MR) is 73.5 cm³/mol. The third kappa shape index (κ3) is 4.22. The second-order valence-corrected chi connectivity index (χ2v) is 6.20. The fourth-order valence-electron chi connectivity index (χ4n) is 3.42. The lowest BCUT2D eigenvalue weighted by Gasteiger charge is -2.39. The van der Waals surface area contributed by atoms with Gasteiger partial charge in [0.15, 0.2) is 0 Å². The molecule has 2 aliphatic rings. The molecule has 0 aromatic carbocycles. The molecule has 2 N–H and O–H groups in total. The topological polar surface area (TPSA) is 43.7 Å². The molecule has 2 rings (SSSR count). The molecule has 1 atom stereocenters. The fraction of sp³-hybridized carbons (Fsp3) is 1.00. The Labute approximate surface area is 111 Å². The van der Waals surface area contributed by atoms with Crippen molar-refractivity contribution in [2.24, 2.45) is 5.92 Å². The van der Waals surface area contributed by atoms with E-state index in [9.17, 15) is 5.11 Å². The summed E-state index contributed by atoms with van der Waals surface area (Å²) < 4.78 is 0. The van der Waals surface area contributed by atoms with Crippen molar-refractivity contribution < 1.29 is 10.2 Å². The van der Waals surface area contributed by atoms with Gasteiger partial charge in [-0.1, -0.05) is 32.1 Å². The Morgan fingerprint density at radius 2 is 1.78 bits per heavy atom. The largest absolute Gasteiger partial charge is 0.396 e. The van der Waals surface area contributed by atoms with Crippen LogP contribution in [0, 0.1) is 5.92 Å². The van der Waals surface area contributed by atoms with Crippen LogP contribution in [0.5, 0.6) is 0 Å². The van der Waals surface area contributed by atoms with Gasteiger partial charge in [-0.05, 0) is 31.6 Å². The molecule has 0 saturated heterocycles. The quantitative estimate of drug-likeness (QED) is 0.698. The minimum absolute atomic E-state index is 0.160. The van der Waals surface area contributed by atoms with Gasteiger partial charge < -0.3 is 10.2 Å². The molecular formula is C15H29NO2. The molecule has 1 unspecified atom stereocenters. The van der Waals surface area contributed by atoms with E-state index < -0.39 is 0 Å². The van der Waals surface area contributed by atoms with Gasteiger partial charge in [0, 0.05) is 25.7 Å². The van der Waals surface area contributed by atoms with Crippen molar-refractivity contribution in [2.45, 2.75) is 69.9 Å². The molecule has 106 valence electrons. The first-order valence-electron chi connectivity index (χ1n) is 7.82. The number of rotatable bonds is 8. The van der Waals surface area contributed by atoms with Crippen LogP contribution >= 0.6 is 0 Å². The van der Waals surface area contributed by atoms with E-state index in [1.54, 1.807) is 0 Å². The molecule has 3 nitrogen and oxygen atoms in total. The van der Waals surface area contributed by atoms with Crippen molar-refractivity contribution in [3.8, 4) is 0 Å². The average Bonchev–Trinajstić information content (AvgIpc) is 2.76. The summed E-state index contributed by atoms with van der Waals surface area (Å²) in [7, 11) is 0. The molecule has 18 heavy (non-hydrogen) atoms. The van der Waals surface area contributed by atoms with Crippen molar-refractivity contribution >= 4 is 0 Å². The van der Waals surface area contributed by atoms with Crippen LogP contribution in [0.3, 0.4) is 0 Å². The summed E-state index contributed by atoms with van der Waals surface area (Å²) in [5.74, 6) is 0.765. The smallest absolute Gasteiger partial charge is 0.0669 e. The summed E-state index contributed by atoms with van der Waals surface area (Å²) in [6.45, 7) is 2.03. The molecule has 0 bridgehead atoms. The Morgan fingerprint density at radius 3 is 2.33 bits per heavy atom. The summed E-state index contributed by atoms with van der Waals surface area (Å²) >= 11 is 0. The monoisotopic (exact) mass is 255 g/mol. The standard InChI is InChI=1S/C15H29NO2/c17-10-4-9-16(14-7-3-8-14)12-15(18)11-13-5-1-2-6-13/h13-15,17-18H,1-12H2. The number of hydrogen-bond acceptors (Lipinski definition) is 3. The molecule has 0 heterocycles. The third-order valence-corrected chi connectivity index (χ3v) is 4.72. The van der Waals surface area contributed by atoms with Crippen LogP contribution in [-0.2, 0) is 0 Å². The van der Waals surface area contributed by atoms with Crippen LogP contribution in [0.2, 0.25) is 0 Å². The van der Waals surface area contributed by atoms with Crippen LogP contribution in [0.25, 0.3) is 0 Å². The van der Waals surface area contributed by atoms with Crippen LogP contribution in [0.4, 0.5) is 0 Å². The van der Waals surface area contributed by atoms with E-state index in [1.165, 1.54) is 44.9 Å². The minimum Gasteiger partial charge on any atom is -0.396 e. The van der Waals surface area contributed by atoms with Crippen LogP contribution < -0.4 is 0 Å². The maximum absolute atomic E-state index is 10.2. The first kappa shape index (κ1) is 14.3. The van der Waals surface area contributed by atoms with Gasteiger partial charge in [-0.3, -0.25) is 4.90 Å². The number of aliphatic hydroxyl groups excluding tert-OH is 2. The van der Waals surface area contributed by atoms with Crippen molar-refractivity contribution in [2.75, 3.05) is 19.7 Å². The molecule has 0 aromatic heterocycles. The van der Waals surface area contributed by atoms with Crippen molar-refractivity contribution in [3.05, 3.63) is 0 Å². The highest BCUT2D eigenvalue weighted by molar-refractivity contribution is 4.82. The molecule has 0 radical (unpaired) electrons. The molecule has 3 heteroatoms. The summed E-state index contributed by atoms with van der Waals surface area (Å²) in [4.78, 5) is 2.42.